The van der Waals surface area contributed by atoms with Crippen LogP contribution in [0.1, 0.15) is 27.7 Å². The first-order valence-electron chi connectivity index (χ1n) is 10.4. The molecule has 1 aromatic carbocycles. The van der Waals surface area contributed by atoms with Gasteiger partial charge in [0.05, 0.1) is 36.3 Å². The van der Waals surface area contributed by atoms with E-state index in [1.54, 1.807) is 9.13 Å². The number of aliphatic hydroxyl groups excluding tert-OH is 2. The molecule has 0 aliphatic heterocycles. The molecule has 0 radical (unpaired) electrons. The van der Waals surface area contributed by atoms with Crippen molar-refractivity contribution in [2.24, 2.45) is 0 Å². The molecule has 0 aliphatic rings. The zero-order valence-corrected chi connectivity index (χ0v) is 17.7. The van der Waals surface area contributed by atoms with Crippen LogP contribution in [-0.2, 0) is 13.1 Å². The number of aromatic nitrogens is 2. The van der Waals surface area contributed by atoms with Crippen LogP contribution in [0.4, 0.5) is 0 Å². The van der Waals surface area contributed by atoms with Crippen molar-refractivity contribution in [2.45, 2.75) is 53.0 Å². The van der Waals surface area contributed by atoms with Crippen LogP contribution in [0, 0.1) is 0 Å². The highest BCUT2D eigenvalue weighted by molar-refractivity contribution is 5.76. The van der Waals surface area contributed by atoms with Crippen LogP contribution in [0.3, 0.4) is 0 Å². The minimum Gasteiger partial charge on any atom is -0.390 e. The van der Waals surface area contributed by atoms with Gasteiger partial charge >= 0.3 is 5.69 Å². The maximum atomic E-state index is 13.1. The number of likely N-dealkylation sites (N-methyl/N-ethyl adjacent to an activating group) is 2. The molecule has 28 heavy (non-hydrogen) atoms. The van der Waals surface area contributed by atoms with Gasteiger partial charge in [0.2, 0.25) is 0 Å². The normalized spacial score (nSPS) is 14.3. The van der Waals surface area contributed by atoms with Crippen LogP contribution >= 0.6 is 0 Å². The third-order valence-electron chi connectivity index (χ3n) is 5.44. The second kappa shape index (κ2) is 10.8. The van der Waals surface area contributed by atoms with E-state index in [1.165, 1.54) is 0 Å². The summed E-state index contributed by atoms with van der Waals surface area (Å²) in [5, 5.41) is 21.1. The lowest BCUT2D eigenvalue weighted by atomic mass is 10.2. The quantitative estimate of drug-likeness (QED) is 0.568. The highest BCUT2D eigenvalue weighted by Gasteiger charge is 2.19. The summed E-state index contributed by atoms with van der Waals surface area (Å²) in [6, 6.07) is 7.58. The fourth-order valence-corrected chi connectivity index (χ4v) is 3.72. The van der Waals surface area contributed by atoms with Crippen molar-refractivity contribution in [2.75, 3.05) is 39.3 Å². The molecular formula is C21H36N4O3. The van der Waals surface area contributed by atoms with Gasteiger partial charge in [-0.05, 0) is 38.3 Å². The molecule has 2 aromatic rings. The molecule has 2 rings (SSSR count). The van der Waals surface area contributed by atoms with Crippen molar-refractivity contribution in [1.82, 2.24) is 18.9 Å². The van der Waals surface area contributed by atoms with Gasteiger partial charge in [-0.25, -0.2) is 4.79 Å². The molecule has 1 heterocycles. The van der Waals surface area contributed by atoms with Gasteiger partial charge in [-0.3, -0.25) is 9.13 Å². The SMILES string of the molecule is CCN(CC)C[C@@H](O)Cn1c(=O)n(C[C@H](O)CN(CC)CC)c2ccccc21. The third-order valence-corrected chi connectivity index (χ3v) is 5.44. The zero-order valence-electron chi connectivity index (χ0n) is 17.7. The van der Waals surface area contributed by atoms with E-state index in [4.69, 9.17) is 0 Å². The Balaban J connectivity index is 2.26. The number of benzene rings is 1. The molecule has 0 saturated carbocycles. The summed E-state index contributed by atoms with van der Waals surface area (Å²) >= 11 is 0. The predicted molar refractivity (Wildman–Crippen MR) is 114 cm³/mol. The number of rotatable bonds is 12. The molecule has 0 bridgehead atoms. The monoisotopic (exact) mass is 392 g/mol. The summed E-state index contributed by atoms with van der Waals surface area (Å²) in [4.78, 5) is 17.4. The molecule has 2 N–H and O–H groups in total. The van der Waals surface area contributed by atoms with E-state index in [1.807, 2.05) is 24.3 Å². The molecule has 0 amide bonds. The van der Waals surface area contributed by atoms with Gasteiger partial charge in [-0.2, -0.15) is 0 Å². The minimum absolute atomic E-state index is 0.182. The highest BCUT2D eigenvalue weighted by Crippen LogP contribution is 2.14. The molecule has 0 spiro atoms. The van der Waals surface area contributed by atoms with Crippen LogP contribution in [0.15, 0.2) is 29.1 Å². The van der Waals surface area contributed by atoms with Gasteiger partial charge in [-0.1, -0.05) is 39.8 Å². The summed E-state index contributed by atoms with van der Waals surface area (Å²) in [5.74, 6) is 0. The van der Waals surface area contributed by atoms with Crippen LogP contribution in [0.25, 0.3) is 11.0 Å². The van der Waals surface area contributed by atoms with E-state index in [0.29, 0.717) is 13.1 Å². The summed E-state index contributed by atoms with van der Waals surface area (Å²) in [6.45, 7) is 13.2. The van der Waals surface area contributed by atoms with Crippen molar-refractivity contribution < 1.29 is 10.2 Å². The Morgan fingerprint density at radius 3 is 1.46 bits per heavy atom. The maximum absolute atomic E-state index is 13.1. The summed E-state index contributed by atoms with van der Waals surface area (Å²) in [5.41, 5.74) is 1.40. The average Bonchev–Trinajstić information content (AvgIpc) is 2.96. The first kappa shape index (κ1) is 22.6. The largest absolute Gasteiger partial charge is 0.390 e. The Morgan fingerprint density at radius 2 is 1.14 bits per heavy atom. The second-order valence-electron chi connectivity index (χ2n) is 7.27. The van der Waals surface area contributed by atoms with Crippen molar-refractivity contribution >= 4 is 11.0 Å². The van der Waals surface area contributed by atoms with E-state index in [9.17, 15) is 15.0 Å². The van der Waals surface area contributed by atoms with Crippen LogP contribution in [0.2, 0.25) is 0 Å². The molecule has 0 saturated heterocycles. The van der Waals surface area contributed by atoms with E-state index >= 15 is 0 Å². The second-order valence-corrected chi connectivity index (χ2v) is 7.27. The molecule has 0 fully saturated rings. The van der Waals surface area contributed by atoms with Crippen LogP contribution in [-0.4, -0.2) is 80.6 Å². The predicted octanol–water partition coefficient (Wildman–Crippen LogP) is 1.21. The number of aliphatic hydroxyl groups is 2. The topological polar surface area (TPSA) is 73.9 Å². The Hall–Kier alpha value is -1.67. The number of fused-ring (bicyclic) bond motifs is 1. The standard InChI is InChI=1S/C21H36N4O3/c1-5-22(6-2)13-17(26)15-24-19-11-9-10-12-20(19)25(21(24)28)16-18(27)14-23(7-3)8-4/h9-12,17-18,26-27H,5-8,13-16H2,1-4H3/t17-,18-/m1/s1. The van der Waals surface area contributed by atoms with Crippen molar-refractivity contribution in [3.8, 4) is 0 Å². The van der Waals surface area contributed by atoms with Crippen molar-refractivity contribution in [3.05, 3.63) is 34.7 Å². The minimum atomic E-state index is -0.627. The maximum Gasteiger partial charge on any atom is 0.329 e. The summed E-state index contributed by atoms with van der Waals surface area (Å²) in [6.07, 6.45) is -1.25. The van der Waals surface area contributed by atoms with Gasteiger partial charge in [0.15, 0.2) is 0 Å². The third kappa shape index (κ3) is 5.44. The van der Waals surface area contributed by atoms with Crippen molar-refractivity contribution in [1.29, 1.82) is 0 Å². The number of hydrogen-bond acceptors (Lipinski definition) is 5. The Kier molecular flexibility index (Phi) is 8.69. The van der Waals surface area contributed by atoms with Crippen LogP contribution in [0.5, 0.6) is 0 Å². The first-order valence-corrected chi connectivity index (χ1v) is 10.4. The average molecular weight is 393 g/mol. The van der Waals surface area contributed by atoms with E-state index in [2.05, 4.69) is 37.5 Å². The Bertz CT molecular complexity index is 716. The van der Waals surface area contributed by atoms with E-state index in [-0.39, 0.29) is 18.8 Å². The summed E-state index contributed by atoms with van der Waals surface area (Å²) in [7, 11) is 0. The number of imidazole rings is 1. The van der Waals surface area contributed by atoms with Crippen molar-refractivity contribution in [3.63, 3.8) is 0 Å². The highest BCUT2D eigenvalue weighted by atomic mass is 16.3. The van der Waals surface area contributed by atoms with Gasteiger partial charge in [0.1, 0.15) is 0 Å². The zero-order chi connectivity index (χ0) is 20.7. The molecule has 2 atom stereocenters. The summed E-state index contributed by atoms with van der Waals surface area (Å²) < 4.78 is 3.27. The first-order chi connectivity index (χ1) is 13.4. The molecule has 0 aliphatic carbocycles. The van der Waals surface area contributed by atoms with Gasteiger partial charge in [0.25, 0.3) is 0 Å². The molecule has 7 nitrogen and oxygen atoms in total. The molecular weight excluding hydrogens is 356 g/mol. The smallest absolute Gasteiger partial charge is 0.329 e. The molecule has 158 valence electrons. The van der Waals surface area contributed by atoms with Gasteiger partial charge in [0, 0.05) is 13.1 Å². The number of nitrogens with zero attached hydrogens (tertiary/aromatic N) is 4. The fraction of sp³-hybridized carbons (Fsp3) is 0.667. The van der Waals surface area contributed by atoms with E-state index in [0.717, 1.165) is 37.2 Å². The van der Waals surface area contributed by atoms with Gasteiger partial charge < -0.3 is 20.0 Å². The number of para-hydroxylation sites is 2. The lowest BCUT2D eigenvalue weighted by Gasteiger charge is -2.22. The molecule has 7 heteroatoms. The lowest BCUT2D eigenvalue weighted by molar-refractivity contribution is 0.0986. The van der Waals surface area contributed by atoms with E-state index < -0.39 is 12.2 Å². The Morgan fingerprint density at radius 1 is 0.786 bits per heavy atom. The fourth-order valence-electron chi connectivity index (χ4n) is 3.72. The Labute approximate surface area is 167 Å². The lowest BCUT2D eigenvalue weighted by Crippen LogP contribution is -2.39. The van der Waals surface area contributed by atoms with Gasteiger partial charge in [-0.15, -0.1) is 0 Å². The van der Waals surface area contributed by atoms with Crippen LogP contribution < -0.4 is 5.69 Å². The molecule has 0 unspecified atom stereocenters. The molecule has 1 aromatic heterocycles. The number of hydrogen-bond donors (Lipinski definition) is 2.